The maximum atomic E-state index is 13.3. The first-order valence-corrected chi connectivity index (χ1v) is 7.23. The van der Waals surface area contributed by atoms with Gasteiger partial charge in [-0.2, -0.15) is 0 Å². The van der Waals surface area contributed by atoms with Gasteiger partial charge in [-0.25, -0.2) is 4.39 Å². The van der Waals surface area contributed by atoms with E-state index in [0.29, 0.717) is 11.1 Å². The van der Waals surface area contributed by atoms with Crippen molar-refractivity contribution >= 4 is 15.9 Å². The summed E-state index contributed by atoms with van der Waals surface area (Å²) in [6, 6.07) is 12.9. The minimum atomic E-state index is -0.268. The van der Waals surface area contributed by atoms with Crippen LogP contribution in [0.5, 0.6) is 5.75 Å². The van der Waals surface area contributed by atoms with Gasteiger partial charge in [-0.15, -0.1) is 0 Å². The van der Waals surface area contributed by atoms with E-state index in [4.69, 9.17) is 4.74 Å². The van der Waals surface area contributed by atoms with Crippen LogP contribution in [0.15, 0.2) is 46.9 Å². The summed E-state index contributed by atoms with van der Waals surface area (Å²) >= 11 is 3.28. The normalized spacial score (nSPS) is 12.2. The predicted molar refractivity (Wildman–Crippen MR) is 82.3 cm³/mol. The molecule has 0 amide bonds. The number of hydrogen-bond donors (Lipinski definition) is 1. The minimum absolute atomic E-state index is 0.266. The summed E-state index contributed by atoms with van der Waals surface area (Å²) in [6.07, 6.45) is 0. The van der Waals surface area contributed by atoms with Crippen molar-refractivity contribution in [2.24, 2.45) is 0 Å². The van der Waals surface area contributed by atoms with Gasteiger partial charge in [-0.05, 0) is 55.4 Å². The Bertz CT molecular complexity index is 568. The third kappa shape index (κ3) is 4.05. The van der Waals surface area contributed by atoms with Crippen molar-refractivity contribution in [2.75, 3.05) is 7.05 Å². The van der Waals surface area contributed by atoms with Gasteiger partial charge in [-0.3, -0.25) is 0 Å². The molecule has 0 aromatic heterocycles. The molecule has 1 N–H and O–H groups in total. The van der Waals surface area contributed by atoms with Crippen LogP contribution in [0.4, 0.5) is 4.39 Å². The summed E-state index contributed by atoms with van der Waals surface area (Å²) in [7, 11) is 1.92. The van der Waals surface area contributed by atoms with E-state index in [0.717, 1.165) is 16.9 Å². The molecule has 0 saturated heterocycles. The summed E-state index contributed by atoms with van der Waals surface area (Å²) in [4.78, 5) is 0. The van der Waals surface area contributed by atoms with Gasteiger partial charge in [0.2, 0.25) is 0 Å². The fourth-order valence-corrected chi connectivity index (χ4v) is 2.41. The lowest BCUT2D eigenvalue weighted by Crippen LogP contribution is -2.12. The first-order valence-electron chi connectivity index (χ1n) is 6.43. The van der Waals surface area contributed by atoms with Crippen LogP contribution in [-0.4, -0.2) is 7.05 Å². The van der Waals surface area contributed by atoms with Gasteiger partial charge in [0.05, 0.1) is 0 Å². The SMILES string of the molecule is CNC(C)c1cccc(OCc2cc(F)cc(Br)c2)c1. The lowest BCUT2D eigenvalue weighted by Gasteiger charge is -2.13. The van der Waals surface area contributed by atoms with E-state index in [-0.39, 0.29) is 11.9 Å². The molecule has 0 spiro atoms. The zero-order valence-corrected chi connectivity index (χ0v) is 13.1. The highest BCUT2D eigenvalue weighted by molar-refractivity contribution is 9.10. The van der Waals surface area contributed by atoms with Crippen molar-refractivity contribution in [3.05, 3.63) is 63.9 Å². The lowest BCUT2D eigenvalue weighted by atomic mass is 10.1. The molecule has 0 aliphatic heterocycles. The van der Waals surface area contributed by atoms with Gasteiger partial charge in [0, 0.05) is 10.5 Å². The summed E-state index contributed by atoms with van der Waals surface area (Å²) < 4.78 is 19.7. The molecule has 2 nitrogen and oxygen atoms in total. The molecule has 2 aromatic rings. The van der Waals surface area contributed by atoms with Gasteiger partial charge in [0.1, 0.15) is 18.2 Å². The zero-order chi connectivity index (χ0) is 14.5. The number of halogens is 2. The molecule has 20 heavy (non-hydrogen) atoms. The molecule has 2 rings (SSSR count). The quantitative estimate of drug-likeness (QED) is 0.870. The van der Waals surface area contributed by atoms with E-state index in [1.165, 1.54) is 12.1 Å². The van der Waals surface area contributed by atoms with Crippen LogP contribution in [0.1, 0.15) is 24.1 Å². The minimum Gasteiger partial charge on any atom is -0.489 e. The van der Waals surface area contributed by atoms with Crippen molar-refractivity contribution in [1.82, 2.24) is 5.32 Å². The van der Waals surface area contributed by atoms with Crippen LogP contribution in [0.25, 0.3) is 0 Å². The Kier molecular flexibility index (Phi) is 5.15. The molecule has 0 radical (unpaired) electrons. The number of rotatable bonds is 5. The zero-order valence-electron chi connectivity index (χ0n) is 11.5. The van der Waals surface area contributed by atoms with Gasteiger partial charge in [0.25, 0.3) is 0 Å². The number of nitrogens with one attached hydrogen (secondary N) is 1. The van der Waals surface area contributed by atoms with E-state index >= 15 is 0 Å². The van der Waals surface area contributed by atoms with Crippen LogP contribution in [0, 0.1) is 5.82 Å². The van der Waals surface area contributed by atoms with Crippen LogP contribution in [0.2, 0.25) is 0 Å². The second-order valence-electron chi connectivity index (χ2n) is 4.65. The Morgan fingerprint density at radius 2 is 2.05 bits per heavy atom. The molecule has 0 fully saturated rings. The highest BCUT2D eigenvalue weighted by Gasteiger charge is 2.05. The monoisotopic (exact) mass is 337 g/mol. The van der Waals surface area contributed by atoms with Crippen molar-refractivity contribution in [3.63, 3.8) is 0 Å². The van der Waals surface area contributed by atoms with E-state index in [9.17, 15) is 4.39 Å². The van der Waals surface area contributed by atoms with Crippen molar-refractivity contribution in [3.8, 4) is 5.75 Å². The van der Waals surface area contributed by atoms with Crippen molar-refractivity contribution < 1.29 is 9.13 Å². The second-order valence-corrected chi connectivity index (χ2v) is 5.56. The topological polar surface area (TPSA) is 21.3 Å². The molecule has 0 heterocycles. The fourth-order valence-electron chi connectivity index (χ4n) is 1.90. The van der Waals surface area contributed by atoms with Crippen molar-refractivity contribution in [1.29, 1.82) is 0 Å². The third-order valence-electron chi connectivity index (χ3n) is 3.12. The number of benzene rings is 2. The summed E-state index contributed by atoms with van der Waals surface area (Å²) in [5.74, 6) is 0.514. The van der Waals surface area contributed by atoms with E-state index < -0.39 is 0 Å². The maximum absolute atomic E-state index is 13.3. The molecular weight excluding hydrogens is 321 g/mol. The highest BCUT2D eigenvalue weighted by Crippen LogP contribution is 2.21. The summed E-state index contributed by atoms with van der Waals surface area (Å²) in [6.45, 7) is 2.43. The number of ether oxygens (including phenoxy) is 1. The largest absolute Gasteiger partial charge is 0.489 e. The third-order valence-corrected chi connectivity index (χ3v) is 3.58. The van der Waals surface area contributed by atoms with E-state index in [1.807, 2.05) is 37.4 Å². The molecule has 0 aliphatic carbocycles. The Morgan fingerprint density at radius 3 is 2.75 bits per heavy atom. The van der Waals surface area contributed by atoms with Crippen molar-refractivity contribution in [2.45, 2.75) is 19.6 Å². The predicted octanol–water partition coefficient (Wildman–Crippen LogP) is 4.45. The van der Waals surface area contributed by atoms with E-state index in [1.54, 1.807) is 0 Å². The standard InChI is InChI=1S/C16H17BrFNO/c1-11(19-2)13-4-3-5-16(8-13)20-10-12-6-14(17)9-15(18)7-12/h3-9,11,19H,10H2,1-2H3. The van der Waals surface area contributed by atoms with Crippen LogP contribution >= 0.6 is 15.9 Å². The Balaban J connectivity index is 2.07. The molecule has 0 saturated carbocycles. The summed E-state index contributed by atoms with van der Waals surface area (Å²) in [5, 5.41) is 3.19. The van der Waals surface area contributed by atoms with Crippen LogP contribution in [-0.2, 0) is 6.61 Å². The highest BCUT2D eigenvalue weighted by atomic mass is 79.9. The molecule has 106 valence electrons. The fraction of sp³-hybridized carbons (Fsp3) is 0.250. The molecule has 0 bridgehead atoms. The van der Waals surface area contributed by atoms with Gasteiger partial charge < -0.3 is 10.1 Å². The molecule has 2 aromatic carbocycles. The van der Waals surface area contributed by atoms with Gasteiger partial charge in [-0.1, -0.05) is 28.1 Å². The molecule has 0 aliphatic rings. The van der Waals surface area contributed by atoms with Gasteiger partial charge >= 0.3 is 0 Å². The molecule has 4 heteroatoms. The molecule has 1 unspecified atom stereocenters. The lowest BCUT2D eigenvalue weighted by molar-refractivity contribution is 0.305. The molecule has 1 atom stereocenters. The van der Waals surface area contributed by atoms with E-state index in [2.05, 4.69) is 28.2 Å². The first kappa shape index (κ1) is 15.0. The second kappa shape index (κ2) is 6.86. The smallest absolute Gasteiger partial charge is 0.124 e. The Hall–Kier alpha value is -1.39. The maximum Gasteiger partial charge on any atom is 0.124 e. The first-order chi connectivity index (χ1) is 9.58. The summed E-state index contributed by atoms with van der Waals surface area (Å²) in [5.41, 5.74) is 1.95. The van der Waals surface area contributed by atoms with Gasteiger partial charge in [0.15, 0.2) is 0 Å². The van der Waals surface area contributed by atoms with Crippen LogP contribution in [0.3, 0.4) is 0 Å². The average Bonchev–Trinajstić information content (AvgIpc) is 2.43. The Morgan fingerprint density at radius 1 is 1.25 bits per heavy atom. The number of hydrogen-bond acceptors (Lipinski definition) is 2. The molecular formula is C16H17BrFNO. The average molecular weight is 338 g/mol. The van der Waals surface area contributed by atoms with Crippen LogP contribution < -0.4 is 10.1 Å². The Labute approximate surface area is 127 Å².